The quantitative estimate of drug-likeness (QED) is 0.426. The summed E-state index contributed by atoms with van der Waals surface area (Å²) in [6, 6.07) is 5.90. The molecule has 0 amide bonds. The van der Waals surface area contributed by atoms with E-state index in [0.29, 0.717) is 0 Å². The first-order chi connectivity index (χ1) is 8.19. The van der Waals surface area contributed by atoms with Crippen LogP contribution in [0, 0.1) is 12.8 Å². The fraction of sp³-hybridized carbons (Fsp3) is 0.462. The van der Waals surface area contributed by atoms with E-state index in [4.69, 9.17) is 9.47 Å². The molecule has 0 aliphatic rings. The van der Waals surface area contributed by atoms with Gasteiger partial charge in [-0.05, 0) is 18.6 Å². The fourth-order valence-electron chi connectivity index (χ4n) is 1.30. The third kappa shape index (κ3) is 4.40. The molecule has 0 radical (unpaired) electrons. The Labute approximate surface area is 106 Å². The third-order valence-electron chi connectivity index (χ3n) is 2.23. The lowest BCUT2D eigenvalue weighted by molar-refractivity contribution is -0.110. The van der Waals surface area contributed by atoms with Crippen molar-refractivity contribution in [2.24, 2.45) is 5.92 Å². The average molecular weight is 254 g/mol. The van der Waals surface area contributed by atoms with Crippen LogP contribution in [0.5, 0.6) is 5.75 Å². The number of rotatable bonds is 7. The highest BCUT2D eigenvalue weighted by Gasteiger charge is 2.09. The lowest BCUT2D eigenvalue weighted by atomic mass is 10.2. The average Bonchev–Trinajstić information content (AvgIpc) is 2.34. The van der Waals surface area contributed by atoms with Crippen LogP contribution in [-0.4, -0.2) is 25.9 Å². The van der Waals surface area contributed by atoms with Crippen molar-refractivity contribution in [3.63, 3.8) is 0 Å². The molecule has 1 aromatic rings. The van der Waals surface area contributed by atoms with E-state index in [0.717, 1.165) is 28.2 Å². The van der Waals surface area contributed by atoms with Gasteiger partial charge in [0.25, 0.3) is 0 Å². The normalized spacial score (nSPS) is 12.2. The first-order valence-electron chi connectivity index (χ1n) is 5.48. The number of methoxy groups -OCH3 is 1. The SMILES string of the molecule is COCOc1cccc(C)c1SC[C@@H](C)C=O. The van der Waals surface area contributed by atoms with Crippen LogP contribution >= 0.6 is 11.8 Å². The first kappa shape index (κ1) is 14.1. The number of benzene rings is 1. The Morgan fingerprint density at radius 1 is 1.47 bits per heavy atom. The molecule has 1 atom stereocenters. The molecule has 0 heterocycles. The summed E-state index contributed by atoms with van der Waals surface area (Å²) in [6.45, 7) is 4.18. The van der Waals surface area contributed by atoms with Crippen LogP contribution in [0.2, 0.25) is 0 Å². The van der Waals surface area contributed by atoms with Gasteiger partial charge in [-0.2, -0.15) is 0 Å². The molecule has 0 saturated heterocycles. The van der Waals surface area contributed by atoms with E-state index in [1.807, 2.05) is 32.0 Å². The largest absolute Gasteiger partial charge is 0.466 e. The maximum atomic E-state index is 10.6. The monoisotopic (exact) mass is 254 g/mol. The predicted molar refractivity (Wildman–Crippen MR) is 69.6 cm³/mol. The zero-order chi connectivity index (χ0) is 12.7. The molecule has 17 heavy (non-hydrogen) atoms. The lowest BCUT2D eigenvalue weighted by Crippen LogP contribution is -2.03. The second kappa shape index (κ2) is 7.35. The van der Waals surface area contributed by atoms with Gasteiger partial charge in [0.05, 0.1) is 4.90 Å². The Balaban J connectivity index is 2.76. The molecule has 1 aromatic carbocycles. The third-order valence-corrected chi connectivity index (χ3v) is 3.74. The number of thioether (sulfide) groups is 1. The van der Waals surface area contributed by atoms with E-state index in [1.165, 1.54) is 0 Å². The van der Waals surface area contributed by atoms with Crippen LogP contribution < -0.4 is 4.74 Å². The minimum absolute atomic E-state index is 0.0508. The summed E-state index contributed by atoms with van der Waals surface area (Å²) in [4.78, 5) is 11.7. The molecule has 0 aliphatic heterocycles. The molecule has 1 rings (SSSR count). The summed E-state index contributed by atoms with van der Waals surface area (Å²) in [6.07, 6.45) is 0.973. The van der Waals surface area contributed by atoms with Gasteiger partial charge in [0.15, 0.2) is 6.79 Å². The number of hydrogen-bond donors (Lipinski definition) is 0. The number of hydrogen-bond acceptors (Lipinski definition) is 4. The van der Waals surface area contributed by atoms with Crippen molar-refractivity contribution in [3.8, 4) is 5.75 Å². The summed E-state index contributed by atoms with van der Waals surface area (Å²) in [7, 11) is 1.59. The van der Waals surface area contributed by atoms with Gasteiger partial charge in [-0.1, -0.05) is 19.1 Å². The molecule has 0 aromatic heterocycles. The molecule has 0 aliphatic carbocycles. The van der Waals surface area contributed by atoms with Crippen molar-refractivity contribution < 1.29 is 14.3 Å². The van der Waals surface area contributed by atoms with E-state index in [-0.39, 0.29) is 12.7 Å². The molecule has 0 spiro atoms. The van der Waals surface area contributed by atoms with Crippen LogP contribution in [0.1, 0.15) is 12.5 Å². The Kier molecular flexibility index (Phi) is 6.08. The standard InChI is InChI=1S/C13H18O3S/c1-10(7-14)8-17-13-11(2)5-4-6-12(13)16-9-15-3/h4-7,10H,8-9H2,1-3H3/t10-/m0/s1. The fourth-order valence-corrected chi connectivity index (χ4v) is 2.37. The highest BCUT2D eigenvalue weighted by atomic mass is 32.2. The second-order valence-corrected chi connectivity index (χ2v) is 4.91. The Bertz CT molecular complexity index is 366. The molecule has 0 N–H and O–H groups in total. The molecule has 3 nitrogen and oxygen atoms in total. The highest BCUT2D eigenvalue weighted by molar-refractivity contribution is 7.99. The smallest absolute Gasteiger partial charge is 0.188 e. The van der Waals surface area contributed by atoms with Crippen LogP contribution in [0.15, 0.2) is 23.1 Å². The maximum absolute atomic E-state index is 10.6. The van der Waals surface area contributed by atoms with Crippen molar-refractivity contribution in [3.05, 3.63) is 23.8 Å². The Hall–Kier alpha value is -1.00. The van der Waals surface area contributed by atoms with Gasteiger partial charge in [0.1, 0.15) is 12.0 Å². The van der Waals surface area contributed by atoms with Gasteiger partial charge in [-0.25, -0.2) is 0 Å². The zero-order valence-corrected chi connectivity index (χ0v) is 11.3. The molecule has 0 bridgehead atoms. The topological polar surface area (TPSA) is 35.5 Å². The summed E-state index contributed by atoms with van der Waals surface area (Å²) < 4.78 is 10.4. The Morgan fingerprint density at radius 2 is 2.24 bits per heavy atom. The van der Waals surface area contributed by atoms with Gasteiger partial charge in [-0.15, -0.1) is 11.8 Å². The number of aldehydes is 1. The Morgan fingerprint density at radius 3 is 2.88 bits per heavy atom. The predicted octanol–water partition coefficient (Wildman–Crippen LogP) is 2.90. The summed E-state index contributed by atoms with van der Waals surface area (Å²) >= 11 is 1.64. The van der Waals surface area contributed by atoms with Gasteiger partial charge < -0.3 is 14.3 Å². The van der Waals surface area contributed by atoms with Gasteiger partial charge in [0, 0.05) is 18.8 Å². The molecule has 94 valence electrons. The molecule has 0 saturated carbocycles. The van der Waals surface area contributed by atoms with Crippen molar-refractivity contribution in [2.45, 2.75) is 18.7 Å². The van der Waals surface area contributed by atoms with Crippen molar-refractivity contribution in [2.75, 3.05) is 19.7 Å². The van der Waals surface area contributed by atoms with E-state index < -0.39 is 0 Å². The number of carbonyl (C=O) groups is 1. The van der Waals surface area contributed by atoms with Crippen LogP contribution in [0.25, 0.3) is 0 Å². The highest BCUT2D eigenvalue weighted by Crippen LogP contribution is 2.33. The van der Waals surface area contributed by atoms with Crippen molar-refractivity contribution >= 4 is 18.0 Å². The summed E-state index contributed by atoms with van der Waals surface area (Å²) in [5.41, 5.74) is 1.15. The van der Waals surface area contributed by atoms with E-state index in [1.54, 1.807) is 18.9 Å². The van der Waals surface area contributed by atoms with Crippen LogP contribution in [0.4, 0.5) is 0 Å². The van der Waals surface area contributed by atoms with Crippen LogP contribution in [0.3, 0.4) is 0 Å². The first-order valence-corrected chi connectivity index (χ1v) is 6.47. The summed E-state index contributed by atoms with van der Waals surface area (Å²) in [5.74, 6) is 1.63. The van der Waals surface area contributed by atoms with Gasteiger partial charge in [-0.3, -0.25) is 0 Å². The molecular formula is C13H18O3S. The van der Waals surface area contributed by atoms with Crippen molar-refractivity contribution in [1.29, 1.82) is 0 Å². The second-order valence-electron chi connectivity index (χ2n) is 3.88. The van der Waals surface area contributed by atoms with E-state index in [9.17, 15) is 4.79 Å². The van der Waals surface area contributed by atoms with E-state index >= 15 is 0 Å². The number of aryl methyl sites for hydroxylation is 1. The minimum atomic E-state index is 0.0508. The van der Waals surface area contributed by atoms with Crippen molar-refractivity contribution in [1.82, 2.24) is 0 Å². The molecule has 4 heteroatoms. The lowest BCUT2D eigenvalue weighted by Gasteiger charge is -2.13. The van der Waals surface area contributed by atoms with Gasteiger partial charge >= 0.3 is 0 Å². The molecule has 0 fully saturated rings. The number of carbonyl (C=O) groups excluding carboxylic acids is 1. The molecule has 0 unspecified atom stereocenters. The minimum Gasteiger partial charge on any atom is -0.466 e. The van der Waals surface area contributed by atoms with Crippen LogP contribution in [-0.2, 0) is 9.53 Å². The van der Waals surface area contributed by atoms with E-state index in [2.05, 4.69) is 0 Å². The maximum Gasteiger partial charge on any atom is 0.188 e. The number of ether oxygens (including phenoxy) is 2. The van der Waals surface area contributed by atoms with Gasteiger partial charge in [0.2, 0.25) is 0 Å². The zero-order valence-electron chi connectivity index (χ0n) is 10.4. The summed E-state index contributed by atoms with van der Waals surface area (Å²) in [5, 5.41) is 0. The molecular weight excluding hydrogens is 236 g/mol.